The van der Waals surface area contributed by atoms with Crippen LogP contribution in [0.5, 0.6) is 5.75 Å². The third-order valence-electron chi connectivity index (χ3n) is 2.54. The van der Waals surface area contributed by atoms with Crippen LogP contribution in [0, 0.1) is 5.41 Å². The molecule has 0 amide bonds. The van der Waals surface area contributed by atoms with Gasteiger partial charge in [-0.15, -0.1) is 0 Å². The minimum absolute atomic E-state index is 0.244. The minimum atomic E-state index is -0.280. The Kier molecular flexibility index (Phi) is 5.48. The Morgan fingerprint density at radius 1 is 1.28 bits per heavy atom. The molecule has 0 saturated carbocycles. The molecule has 0 saturated heterocycles. The largest absolute Gasteiger partial charge is 0.492 e. The molecule has 0 unspecified atom stereocenters. The smallest absolute Gasteiger partial charge is 0.138 e. The first-order valence-electron chi connectivity index (χ1n) is 5.92. The van der Waals surface area contributed by atoms with E-state index in [0.717, 1.165) is 0 Å². The van der Waals surface area contributed by atoms with Gasteiger partial charge in [0, 0.05) is 16.9 Å². The number of ketones is 1. The van der Waals surface area contributed by atoms with Gasteiger partial charge in [0.1, 0.15) is 11.5 Å². The maximum Gasteiger partial charge on any atom is 0.138 e. The highest BCUT2D eigenvalue weighted by molar-refractivity contribution is 6.35. The lowest BCUT2D eigenvalue weighted by Gasteiger charge is -2.16. The van der Waals surface area contributed by atoms with Crippen molar-refractivity contribution in [2.45, 2.75) is 33.6 Å². The summed E-state index contributed by atoms with van der Waals surface area (Å²) in [5, 5.41) is 1.07. The fraction of sp³-hybridized carbons (Fsp3) is 0.500. The highest BCUT2D eigenvalue weighted by Gasteiger charge is 2.20. The van der Waals surface area contributed by atoms with E-state index in [1.54, 1.807) is 18.2 Å². The lowest BCUT2D eigenvalue weighted by Crippen LogP contribution is -2.20. The van der Waals surface area contributed by atoms with E-state index >= 15 is 0 Å². The molecule has 0 spiro atoms. The topological polar surface area (TPSA) is 26.3 Å². The highest BCUT2D eigenvalue weighted by Crippen LogP contribution is 2.27. The zero-order valence-corrected chi connectivity index (χ0v) is 12.4. The van der Waals surface area contributed by atoms with Gasteiger partial charge in [-0.25, -0.2) is 0 Å². The van der Waals surface area contributed by atoms with Crippen molar-refractivity contribution in [2.24, 2.45) is 5.41 Å². The second kappa shape index (κ2) is 6.44. The fourth-order valence-corrected chi connectivity index (χ4v) is 1.85. The minimum Gasteiger partial charge on any atom is -0.492 e. The number of carbonyl (C=O) groups excluding carboxylic acids is 1. The molecule has 0 aliphatic carbocycles. The summed E-state index contributed by atoms with van der Waals surface area (Å²) >= 11 is 11.8. The number of halogens is 2. The predicted molar refractivity (Wildman–Crippen MR) is 75.7 cm³/mol. The molecule has 0 N–H and O–H groups in total. The molecule has 0 aliphatic rings. The van der Waals surface area contributed by atoms with E-state index in [-0.39, 0.29) is 11.2 Å². The summed E-state index contributed by atoms with van der Waals surface area (Å²) in [5.41, 5.74) is -0.280. The van der Waals surface area contributed by atoms with Gasteiger partial charge in [0.05, 0.1) is 11.6 Å². The Hall–Kier alpha value is -0.730. The maximum absolute atomic E-state index is 11.7. The molecule has 0 aromatic heterocycles. The zero-order chi connectivity index (χ0) is 13.8. The van der Waals surface area contributed by atoms with Gasteiger partial charge < -0.3 is 4.74 Å². The summed E-state index contributed by atoms with van der Waals surface area (Å²) in [6.45, 7) is 6.24. The molecule has 1 aromatic carbocycles. The van der Waals surface area contributed by atoms with Crippen LogP contribution in [0.2, 0.25) is 10.0 Å². The molecule has 0 radical (unpaired) electrons. The van der Waals surface area contributed by atoms with Crippen LogP contribution in [0.15, 0.2) is 18.2 Å². The Balaban J connectivity index is 2.36. The highest BCUT2D eigenvalue weighted by atomic mass is 35.5. The molecule has 18 heavy (non-hydrogen) atoms. The summed E-state index contributed by atoms with van der Waals surface area (Å²) in [6.07, 6.45) is 1.21. The average Bonchev–Trinajstić information content (AvgIpc) is 2.25. The van der Waals surface area contributed by atoms with Crippen LogP contribution in [0.25, 0.3) is 0 Å². The molecule has 4 heteroatoms. The summed E-state index contributed by atoms with van der Waals surface area (Å²) in [7, 11) is 0. The fourth-order valence-electron chi connectivity index (χ4n) is 1.38. The Morgan fingerprint density at radius 3 is 2.50 bits per heavy atom. The van der Waals surface area contributed by atoms with E-state index in [1.807, 2.05) is 20.8 Å². The van der Waals surface area contributed by atoms with Gasteiger partial charge >= 0.3 is 0 Å². The first-order valence-corrected chi connectivity index (χ1v) is 6.67. The third kappa shape index (κ3) is 4.87. The standard InChI is InChI=1S/C14H18Cl2O2/c1-14(2,3)13(17)5-4-8-18-12-7-6-10(15)9-11(12)16/h6-7,9H,4-5,8H2,1-3H3. The second-order valence-corrected chi connectivity index (χ2v) is 6.04. The molecule has 2 nitrogen and oxygen atoms in total. The van der Waals surface area contributed by atoms with Crippen LogP contribution in [-0.4, -0.2) is 12.4 Å². The summed E-state index contributed by atoms with van der Waals surface area (Å²) in [6, 6.07) is 5.10. The number of Topliss-reactive ketones (excluding diaryl/α,β-unsaturated/α-hetero) is 1. The van der Waals surface area contributed by atoms with Gasteiger partial charge in [0.15, 0.2) is 0 Å². The van der Waals surface area contributed by atoms with E-state index in [9.17, 15) is 4.79 Å². The van der Waals surface area contributed by atoms with Crippen LogP contribution < -0.4 is 4.74 Å². The number of benzene rings is 1. The number of hydrogen-bond acceptors (Lipinski definition) is 2. The van der Waals surface area contributed by atoms with Crippen molar-refractivity contribution >= 4 is 29.0 Å². The van der Waals surface area contributed by atoms with Crippen molar-refractivity contribution in [2.75, 3.05) is 6.61 Å². The van der Waals surface area contributed by atoms with Crippen molar-refractivity contribution in [1.82, 2.24) is 0 Å². The third-order valence-corrected chi connectivity index (χ3v) is 3.07. The van der Waals surface area contributed by atoms with Crippen molar-refractivity contribution < 1.29 is 9.53 Å². The van der Waals surface area contributed by atoms with Gasteiger partial charge in [-0.2, -0.15) is 0 Å². The normalized spacial score (nSPS) is 11.4. The summed E-state index contributed by atoms with van der Waals surface area (Å²) in [5.74, 6) is 0.845. The van der Waals surface area contributed by atoms with Gasteiger partial charge in [-0.3, -0.25) is 4.79 Å². The Labute approximate surface area is 118 Å². The lowest BCUT2D eigenvalue weighted by atomic mass is 9.88. The van der Waals surface area contributed by atoms with E-state index in [1.165, 1.54) is 0 Å². The van der Waals surface area contributed by atoms with Crippen LogP contribution in [0.1, 0.15) is 33.6 Å². The molecular weight excluding hydrogens is 271 g/mol. The zero-order valence-electron chi connectivity index (χ0n) is 10.9. The van der Waals surface area contributed by atoms with Crippen LogP contribution in [0.3, 0.4) is 0 Å². The molecule has 0 fully saturated rings. The molecular formula is C14H18Cl2O2. The molecule has 0 atom stereocenters. The molecule has 100 valence electrons. The maximum atomic E-state index is 11.7. The van der Waals surface area contributed by atoms with Crippen molar-refractivity contribution in [1.29, 1.82) is 0 Å². The second-order valence-electron chi connectivity index (χ2n) is 5.20. The first kappa shape index (κ1) is 15.3. The van der Waals surface area contributed by atoms with Crippen LogP contribution >= 0.6 is 23.2 Å². The number of carbonyl (C=O) groups is 1. The quantitative estimate of drug-likeness (QED) is 0.730. The SMILES string of the molecule is CC(C)(C)C(=O)CCCOc1ccc(Cl)cc1Cl. The Bertz CT molecular complexity index is 422. The molecule has 1 rings (SSSR count). The molecule has 0 bridgehead atoms. The van der Waals surface area contributed by atoms with Gasteiger partial charge in [-0.05, 0) is 24.6 Å². The van der Waals surface area contributed by atoms with E-state index < -0.39 is 0 Å². The van der Waals surface area contributed by atoms with E-state index in [2.05, 4.69) is 0 Å². The molecule has 1 aromatic rings. The summed E-state index contributed by atoms with van der Waals surface area (Å²) < 4.78 is 5.51. The number of ether oxygens (including phenoxy) is 1. The monoisotopic (exact) mass is 288 g/mol. The van der Waals surface area contributed by atoms with Gasteiger partial charge in [0.2, 0.25) is 0 Å². The first-order chi connectivity index (χ1) is 8.30. The lowest BCUT2D eigenvalue weighted by molar-refractivity contribution is -0.126. The summed E-state index contributed by atoms with van der Waals surface area (Å²) in [4.78, 5) is 11.7. The predicted octanol–water partition coefficient (Wildman–Crippen LogP) is 4.77. The van der Waals surface area contributed by atoms with Crippen molar-refractivity contribution in [3.05, 3.63) is 28.2 Å². The molecule has 0 heterocycles. The van der Waals surface area contributed by atoms with E-state index in [0.29, 0.717) is 35.2 Å². The number of rotatable bonds is 5. The van der Waals surface area contributed by atoms with Crippen LogP contribution in [0.4, 0.5) is 0 Å². The van der Waals surface area contributed by atoms with Crippen molar-refractivity contribution in [3.8, 4) is 5.75 Å². The van der Waals surface area contributed by atoms with Gasteiger partial charge in [0.25, 0.3) is 0 Å². The average molecular weight is 289 g/mol. The van der Waals surface area contributed by atoms with E-state index in [4.69, 9.17) is 27.9 Å². The molecule has 0 aliphatic heterocycles. The number of hydrogen-bond donors (Lipinski definition) is 0. The Morgan fingerprint density at radius 2 is 1.94 bits per heavy atom. The van der Waals surface area contributed by atoms with Gasteiger partial charge in [-0.1, -0.05) is 44.0 Å². The van der Waals surface area contributed by atoms with Crippen LogP contribution in [-0.2, 0) is 4.79 Å². The van der Waals surface area contributed by atoms with Crippen molar-refractivity contribution in [3.63, 3.8) is 0 Å².